The van der Waals surface area contributed by atoms with Crippen LogP contribution in [0, 0.1) is 5.82 Å². The Morgan fingerprint density at radius 1 is 0.774 bits per heavy atom. The molecule has 0 atom stereocenters. The van der Waals surface area contributed by atoms with E-state index in [0.717, 1.165) is 38.5 Å². The number of nitrogens with one attached hydrogen (secondary N) is 1. The fourth-order valence-corrected chi connectivity index (χ4v) is 3.49. The van der Waals surface area contributed by atoms with Gasteiger partial charge in [-0.2, -0.15) is 0 Å². The van der Waals surface area contributed by atoms with Crippen LogP contribution in [0.2, 0.25) is 0 Å². The van der Waals surface area contributed by atoms with E-state index in [0.29, 0.717) is 13.2 Å². The van der Waals surface area contributed by atoms with Gasteiger partial charge in [-0.05, 0) is 72.3 Å². The van der Waals surface area contributed by atoms with Gasteiger partial charge >= 0.3 is 0 Å². The minimum absolute atomic E-state index is 0.265. The summed E-state index contributed by atoms with van der Waals surface area (Å²) in [6.45, 7) is 0.884. The Bertz CT molecular complexity index is 1130. The minimum atomic E-state index is -0.265. The van der Waals surface area contributed by atoms with Crippen molar-refractivity contribution in [1.82, 2.24) is 0 Å². The van der Waals surface area contributed by atoms with E-state index in [4.69, 9.17) is 9.47 Å². The van der Waals surface area contributed by atoms with Crippen LogP contribution in [-0.2, 0) is 13.2 Å². The number of anilines is 1. The Kier molecular flexibility index (Phi) is 6.85. The second-order valence-electron chi connectivity index (χ2n) is 6.96. The summed E-state index contributed by atoms with van der Waals surface area (Å²) < 4.78 is 26.2. The van der Waals surface area contributed by atoms with Crippen LogP contribution in [-0.4, -0.2) is 0 Å². The Labute approximate surface area is 189 Å². The molecule has 0 radical (unpaired) electrons. The third-order valence-electron chi connectivity index (χ3n) is 4.62. The molecule has 0 aromatic heterocycles. The van der Waals surface area contributed by atoms with Crippen LogP contribution in [0.5, 0.6) is 17.2 Å². The Balaban J connectivity index is 1.39. The van der Waals surface area contributed by atoms with Crippen molar-refractivity contribution in [3.63, 3.8) is 0 Å². The first kappa shape index (κ1) is 20.9. The molecule has 0 bridgehead atoms. The van der Waals surface area contributed by atoms with Gasteiger partial charge in [-0.15, -0.1) is 0 Å². The molecule has 0 aliphatic carbocycles. The summed E-state index contributed by atoms with van der Waals surface area (Å²) in [6, 6.07) is 29.8. The van der Waals surface area contributed by atoms with Crippen LogP contribution in [0.3, 0.4) is 0 Å². The lowest BCUT2D eigenvalue weighted by molar-refractivity contribution is 0.302. The molecule has 0 saturated heterocycles. The van der Waals surface area contributed by atoms with Gasteiger partial charge in [0.25, 0.3) is 0 Å². The summed E-state index contributed by atoms with van der Waals surface area (Å²) >= 11 is 3.52. The highest BCUT2D eigenvalue weighted by atomic mass is 79.9. The molecule has 0 amide bonds. The average Bonchev–Trinajstić information content (AvgIpc) is 2.79. The zero-order chi connectivity index (χ0) is 21.5. The van der Waals surface area contributed by atoms with Crippen molar-refractivity contribution in [3.05, 3.63) is 118 Å². The van der Waals surface area contributed by atoms with Crippen LogP contribution < -0.4 is 14.8 Å². The second-order valence-corrected chi connectivity index (χ2v) is 7.88. The first-order valence-electron chi connectivity index (χ1n) is 9.88. The zero-order valence-corrected chi connectivity index (χ0v) is 18.3. The van der Waals surface area contributed by atoms with Crippen molar-refractivity contribution in [2.24, 2.45) is 0 Å². The van der Waals surface area contributed by atoms with Crippen LogP contribution in [0.4, 0.5) is 10.1 Å². The summed E-state index contributed by atoms with van der Waals surface area (Å²) in [5, 5.41) is 3.41. The molecule has 0 heterocycles. The van der Waals surface area contributed by atoms with E-state index in [1.54, 1.807) is 6.07 Å². The quantitative estimate of drug-likeness (QED) is 0.283. The van der Waals surface area contributed by atoms with Crippen molar-refractivity contribution in [2.45, 2.75) is 13.2 Å². The van der Waals surface area contributed by atoms with Crippen molar-refractivity contribution < 1.29 is 13.9 Å². The Morgan fingerprint density at radius 3 is 2.32 bits per heavy atom. The van der Waals surface area contributed by atoms with E-state index in [2.05, 4.69) is 21.2 Å². The third-order valence-corrected chi connectivity index (χ3v) is 5.12. The molecule has 1 N–H and O–H groups in total. The van der Waals surface area contributed by atoms with Gasteiger partial charge in [-0.25, -0.2) is 4.39 Å². The van der Waals surface area contributed by atoms with Crippen molar-refractivity contribution in [3.8, 4) is 17.2 Å². The van der Waals surface area contributed by atoms with E-state index >= 15 is 0 Å². The molecule has 4 aromatic carbocycles. The van der Waals surface area contributed by atoms with Gasteiger partial charge in [-0.3, -0.25) is 0 Å². The first-order chi connectivity index (χ1) is 15.2. The largest absolute Gasteiger partial charge is 0.489 e. The second kappa shape index (κ2) is 10.1. The Hall–Kier alpha value is -3.31. The molecule has 3 nitrogen and oxygen atoms in total. The van der Waals surface area contributed by atoms with E-state index in [1.165, 1.54) is 12.1 Å². The van der Waals surface area contributed by atoms with Crippen molar-refractivity contribution in [1.29, 1.82) is 0 Å². The molecule has 0 spiro atoms. The van der Waals surface area contributed by atoms with Crippen LogP contribution >= 0.6 is 15.9 Å². The molecule has 156 valence electrons. The maximum atomic E-state index is 13.4. The van der Waals surface area contributed by atoms with E-state index in [1.807, 2.05) is 78.9 Å². The lowest BCUT2D eigenvalue weighted by Crippen LogP contribution is -2.04. The highest BCUT2D eigenvalue weighted by Gasteiger charge is 2.07. The lowest BCUT2D eigenvalue weighted by atomic mass is 10.2. The summed E-state index contributed by atoms with van der Waals surface area (Å²) in [6.07, 6.45) is 0. The van der Waals surface area contributed by atoms with Gasteiger partial charge in [0.1, 0.15) is 29.7 Å². The van der Waals surface area contributed by atoms with Crippen LogP contribution in [0.1, 0.15) is 11.1 Å². The maximum absolute atomic E-state index is 13.4. The zero-order valence-electron chi connectivity index (χ0n) is 16.7. The molecule has 5 heteroatoms. The van der Waals surface area contributed by atoms with Gasteiger partial charge in [-0.1, -0.05) is 46.3 Å². The molecule has 0 aliphatic heterocycles. The number of benzene rings is 4. The highest BCUT2D eigenvalue weighted by molar-refractivity contribution is 9.10. The maximum Gasteiger partial charge on any atom is 0.127 e. The number of hydrogen-bond donors (Lipinski definition) is 1. The normalized spacial score (nSPS) is 10.5. The highest BCUT2D eigenvalue weighted by Crippen LogP contribution is 2.27. The Morgan fingerprint density at radius 2 is 1.55 bits per heavy atom. The number of halogens is 2. The van der Waals surface area contributed by atoms with Gasteiger partial charge < -0.3 is 14.8 Å². The predicted molar refractivity (Wildman–Crippen MR) is 125 cm³/mol. The lowest BCUT2D eigenvalue weighted by Gasteiger charge is -2.14. The molecule has 31 heavy (non-hydrogen) atoms. The summed E-state index contributed by atoms with van der Waals surface area (Å²) in [5.41, 5.74) is 2.75. The number of hydrogen-bond acceptors (Lipinski definition) is 3. The van der Waals surface area contributed by atoms with E-state index in [-0.39, 0.29) is 5.82 Å². The molecular formula is C26H21BrFNO2. The van der Waals surface area contributed by atoms with Crippen LogP contribution in [0.25, 0.3) is 0 Å². The molecule has 0 saturated carbocycles. The number of para-hydroxylation sites is 1. The molecule has 4 rings (SSSR count). The minimum Gasteiger partial charge on any atom is -0.489 e. The fourth-order valence-electron chi connectivity index (χ4n) is 3.08. The number of rotatable bonds is 8. The molecule has 4 aromatic rings. The van der Waals surface area contributed by atoms with E-state index in [9.17, 15) is 4.39 Å². The van der Waals surface area contributed by atoms with Gasteiger partial charge in [0.05, 0.1) is 0 Å². The van der Waals surface area contributed by atoms with Gasteiger partial charge in [0.15, 0.2) is 0 Å². The number of ether oxygens (including phenoxy) is 2. The SMILES string of the molecule is Fc1cccc(COc2ccc(Br)cc2CNc2ccc(Oc3ccccc3)cc2)c1. The third kappa shape index (κ3) is 6.09. The van der Waals surface area contributed by atoms with Crippen LogP contribution in [0.15, 0.2) is 102 Å². The van der Waals surface area contributed by atoms with Gasteiger partial charge in [0.2, 0.25) is 0 Å². The van der Waals surface area contributed by atoms with E-state index < -0.39 is 0 Å². The molecule has 0 fully saturated rings. The average molecular weight is 478 g/mol. The first-order valence-corrected chi connectivity index (χ1v) is 10.7. The topological polar surface area (TPSA) is 30.5 Å². The summed E-state index contributed by atoms with van der Waals surface area (Å²) in [5.74, 6) is 2.07. The molecular weight excluding hydrogens is 457 g/mol. The monoisotopic (exact) mass is 477 g/mol. The summed E-state index contributed by atoms with van der Waals surface area (Å²) in [4.78, 5) is 0. The molecule has 0 aliphatic rings. The summed E-state index contributed by atoms with van der Waals surface area (Å²) in [7, 11) is 0. The van der Waals surface area contributed by atoms with Crippen molar-refractivity contribution in [2.75, 3.05) is 5.32 Å². The van der Waals surface area contributed by atoms with Gasteiger partial charge in [0, 0.05) is 22.3 Å². The smallest absolute Gasteiger partial charge is 0.127 e. The fraction of sp³-hybridized carbons (Fsp3) is 0.0769. The molecule has 0 unspecified atom stereocenters. The van der Waals surface area contributed by atoms with Crippen molar-refractivity contribution >= 4 is 21.6 Å². The predicted octanol–water partition coefficient (Wildman–Crippen LogP) is 7.57. The standard InChI is InChI=1S/C26H21BrFNO2/c27-21-9-14-26(30-18-19-5-4-6-22(28)15-19)20(16-21)17-29-23-10-12-25(13-11-23)31-24-7-2-1-3-8-24/h1-16,29H,17-18H2.